The highest BCUT2D eigenvalue weighted by Crippen LogP contribution is 2.21. The molecular formula is C17H20N4. The molecule has 4 nitrogen and oxygen atoms in total. The third kappa shape index (κ3) is 3.45. The molecule has 0 spiro atoms. The Hall–Kier alpha value is -2.25. The second-order valence-corrected chi connectivity index (χ2v) is 5.44. The van der Waals surface area contributed by atoms with E-state index in [1.807, 2.05) is 6.20 Å². The molecule has 1 fully saturated rings. The summed E-state index contributed by atoms with van der Waals surface area (Å²) in [5.41, 5.74) is 3.37. The van der Waals surface area contributed by atoms with Gasteiger partial charge in [0, 0.05) is 24.8 Å². The molecule has 21 heavy (non-hydrogen) atoms. The quantitative estimate of drug-likeness (QED) is 0.846. The third-order valence-corrected chi connectivity index (χ3v) is 3.97. The fraction of sp³-hybridized carbons (Fsp3) is 0.353. The van der Waals surface area contributed by atoms with Crippen molar-refractivity contribution in [2.75, 3.05) is 25.0 Å². The number of imidazole rings is 1. The van der Waals surface area contributed by atoms with Crippen LogP contribution in [-0.4, -0.2) is 40.5 Å². The van der Waals surface area contributed by atoms with Crippen LogP contribution in [0.1, 0.15) is 12.8 Å². The van der Waals surface area contributed by atoms with Crippen LogP contribution in [0.4, 0.5) is 5.69 Å². The Kier molecular flexibility index (Phi) is 4.23. The molecule has 0 amide bonds. The van der Waals surface area contributed by atoms with Crippen LogP contribution in [0.25, 0.3) is 11.3 Å². The second kappa shape index (κ2) is 6.47. The molecule has 4 heteroatoms. The molecule has 108 valence electrons. The molecular weight excluding hydrogens is 260 g/mol. The van der Waals surface area contributed by atoms with Crippen molar-refractivity contribution in [2.24, 2.45) is 0 Å². The summed E-state index contributed by atoms with van der Waals surface area (Å²) in [5.74, 6) is 2.72. The van der Waals surface area contributed by atoms with Gasteiger partial charge in [-0.3, -0.25) is 4.90 Å². The van der Waals surface area contributed by atoms with Crippen molar-refractivity contribution >= 4 is 5.69 Å². The lowest BCUT2D eigenvalue weighted by atomic mass is 10.0. The minimum Gasteiger partial charge on any atom is -0.382 e. The second-order valence-electron chi connectivity index (χ2n) is 5.44. The van der Waals surface area contributed by atoms with E-state index in [4.69, 9.17) is 6.42 Å². The fourth-order valence-corrected chi connectivity index (χ4v) is 2.76. The molecule has 1 aromatic carbocycles. The smallest absolute Gasteiger partial charge is 0.0924 e. The number of piperidine rings is 1. The maximum absolute atomic E-state index is 5.36. The molecule has 3 rings (SSSR count). The van der Waals surface area contributed by atoms with E-state index in [2.05, 4.69) is 50.4 Å². The van der Waals surface area contributed by atoms with Crippen molar-refractivity contribution in [1.82, 2.24) is 14.9 Å². The zero-order valence-corrected chi connectivity index (χ0v) is 12.0. The lowest BCUT2D eigenvalue weighted by Crippen LogP contribution is -2.39. The van der Waals surface area contributed by atoms with Gasteiger partial charge in [-0.25, -0.2) is 4.98 Å². The highest BCUT2D eigenvalue weighted by Gasteiger charge is 2.18. The number of nitrogens with one attached hydrogen (secondary N) is 2. The molecule has 0 aliphatic carbocycles. The van der Waals surface area contributed by atoms with E-state index in [-0.39, 0.29) is 0 Å². The number of rotatable bonds is 4. The van der Waals surface area contributed by atoms with Crippen LogP contribution >= 0.6 is 0 Å². The lowest BCUT2D eigenvalue weighted by molar-refractivity contribution is 0.243. The van der Waals surface area contributed by atoms with E-state index in [1.54, 1.807) is 6.33 Å². The number of nitrogens with zero attached hydrogens (tertiary/aromatic N) is 2. The summed E-state index contributed by atoms with van der Waals surface area (Å²) in [6.45, 7) is 2.92. The van der Waals surface area contributed by atoms with Gasteiger partial charge in [-0.15, -0.1) is 6.42 Å². The summed E-state index contributed by atoms with van der Waals surface area (Å²) in [4.78, 5) is 9.50. The van der Waals surface area contributed by atoms with Gasteiger partial charge in [0.15, 0.2) is 0 Å². The lowest BCUT2D eigenvalue weighted by Gasteiger charge is -2.31. The third-order valence-electron chi connectivity index (χ3n) is 3.97. The topological polar surface area (TPSA) is 44.0 Å². The summed E-state index contributed by atoms with van der Waals surface area (Å²) < 4.78 is 0. The highest BCUT2D eigenvalue weighted by atomic mass is 15.1. The molecule has 0 saturated carbocycles. The first kappa shape index (κ1) is 13.7. The van der Waals surface area contributed by atoms with Gasteiger partial charge < -0.3 is 10.3 Å². The minimum absolute atomic E-state index is 0.539. The van der Waals surface area contributed by atoms with Crippen LogP contribution in [0, 0.1) is 12.3 Å². The fourth-order valence-electron chi connectivity index (χ4n) is 2.76. The van der Waals surface area contributed by atoms with E-state index < -0.39 is 0 Å². The average Bonchev–Trinajstić information content (AvgIpc) is 3.05. The van der Waals surface area contributed by atoms with Crippen molar-refractivity contribution in [3.63, 3.8) is 0 Å². The summed E-state index contributed by atoms with van der Waals surface area (Å²) in [7, 11) is 0. The van der Waals surface area contributed by atoms with Gasteiger partial charge in [0.2, 0.25) is 0 Å². The average molecular weight is 280 g/mol. The first-order chi connectivity index (χ1) is 10.3. The molecule has 1 aromatic heterocycles. The van der Waals surface area contributed by atoms with Crippen molar-refractivity contribution in [1.29, 1.82) is 0 Å². The predicted molar refractivity (Wildman–Crippen MR) is 85.9 cm³/mol. The highest BCUT2D eigenvalue weighted by molar-refractivity contribution is 5.62. The number of likely N-dealkylation sites (tertiary alicyclic amines) is 1. The van der Waals surface area contributed by atoms with Crippen molar-refractivity contribution in [3.8, 4) is 23.6 Å². The standard InChI is InChI=1S/C17H20N4/c1-2-9-21-10-7-16(8-11-21)20-15-5-3-14(4-6-15)17-12-18-13-19-17/h1,3-6,12-13,16,20H,7-11H2,(H,18,19). The molecule has 0 radical (unpaired) electrons. The zero-order chi connectivity index (χ0) is 14.5. The summed E-state index contributed by atoms with van der Waals surface area (Å²) >= 11 is 0. The van der Waals surface area contributed by atoms with Crippen LogP contribution in [0.15, 0.2) is 36.8 Å². The Morgan fingerprint density at radius 2 is 2.05 bits per heavy atom. The summed E-state index contributed by atoms with van der Waals surface area (Å²) in [5, 5.41) is 3.61. The van der Waals surface area contributed by atoms with Gasteiger partial charge in [-0.05, 0) is 30.5 Å². The van der Waals surface area contributed by atoms with Gasteiger partial charge in [0.25, 0.3) is 0 Å². The molecule has 0 atom stereocenters. The molecule has 1 aliphatic heterocycles. The van der Waals surface area contributed by atoms with Crippen LogP contribution in [0.3, 0.4) is 0 Å². The van der Waals surface area contributed by atoms with E-state index in [1.165, 1.54) is 5.69 Å². The summed E-state index contributed by atoms with van der Waals surface area (Å²) in [6, 6.07) is 9.03. The maximum Gasteiger partial charge on any atom is 0.0924 e. The van der Waals surface area contributed by atoms with E-state index >= 15 is 0 Å². The van der Waals surface area contributed by atoms with Crippen LogP contribution in [0.2, 0.25) is 0 Å². The first-order valence-electron chi connectivity index (χ1n) is 7.36. The van der Waals surface area contributed by atoms with Gasteiger partial charge in [-0.1, -0.05) is 18.1 Å². The zero-order valence-electron chi connectivity index (χ0n) is 12.0. The number of hydrogen-bond acceptors (Lipinski definition) is 3. The molecule has 2 N–H and O–H groups in total. The van der Waals surface area contributed by atoms with Crippen molar-refractivity contribution < 1.29 is 0 Å². The largest absolute Gasteiger partial charge is 0.382 e. The van der Waals surface area contributed by atoms with Crippen LogP contribution in [0.5, 0.6) is 0 Å². The van der Waals surface area contributed by atoms with Gasteiger partial charge in [0.1, 0.15) is 0 Å². The number of benzene rings is 1. The number of hydrogen-bond donors (Lipinski definition) is 2. The van der Waals surface area contributed by atoms with Crippen LogP contribution < -0.4 is 5.32 Å². The van der Waals surface area contributed by atoms with E-state index in [0.29, 0.717) is 6.04 Å². The number of aromatic amines is 1. The Balaban J connectivity index is 1.56. The molecule has 1 saturated heterocycles. The number of terminal acetylenes is 1. The first-order valence-corrected chi connectivity index (χ1v) is 7.36. The van der Waals surface area contributed by atoms with Crippen molar-refractivity contribution in [2.45, 2.75) is 18.9 Å². The monoisotopic (exact) mass is 280 g/mol. The Labute approximate surface area is 125 Å². The molecule has 1 aliphatic rings. The van der Waals surface area contributed by atoms with Crippen LogP contribution in [-0.2, 0) is 0 Å². The molecule has 0 bridgehead atoms. The molecule has 2 aromatic rings. The normalized spacial score (nSPS) is 16.5. The van der Waals surface area contributed by atoms with E-state index in [0.717, 1.165) is 43.7 Å². The van der Waals surface area contributed by atoms with Gasteiger partial charge in [-0.2, -0.15) is 0 Å². The Morgan fingerprint density at radius 1 is 1.29 bits per heavy atom. The number of aromatic nitrogens is 2. The van der Waals surface area contributed by atoms with Gasteiger partial charge in [0.05, 0.1) is 24.8 Å². The Bertz CT molecular complexity index is 587. The predicted octanol–water partition coefficient (Wildman–Crippen LogP) is 2.59. The number of H-pyrrole nitrogens is 1. The van der Waals surface area contributed by atoms with Crippen molar-refractivity contribution in [3.05, 3.63) is 36.8 Å². The summed E-state index contributed by atoms with van der Waals surface area (Å²) in [6.07, 6.45) is 11.2. The number of anilines is 1. The van der Waals surface area contributed by atoms with E-state index in [9.17, 15) is 0 Å². The maximum atomic E-state index is 5.36. The molecule has 2 heterocycles. The van der Waals surface area contributed by atoms with Gasteiger partial charge >= 0.3 is 0 Å². The SMILES string of the molecule is C#CCN1CCC(Nc2ccc(-c3cnc[nH]3)cc2)CC1. The Morgan fingerprint density at radius 3 is 2.67 bits per heavy atom. The minimum atomic E-state index is 0.539. The molecule has 0 unspecified atom stereocenters.